The quantitative estimate of drug-likeness (QED) is 0.713. The second-order valence-corrected chi connectivity index (χ2v) is 3.34. The second-order valence-electron chi connectivity index (χ2n) is 3.34. The standard InChI is InChI=1S/C12H9N3O/c1-9(16)12-10(7-13)8-15(14-12)11-5-3-2-4-6-11/h2-6,8H,1H3. The molecule has 0 saturated heterocycles. The first-order valence-electron chi connectivity index (χ1n) is 4.78. The third-order valence-electron chi connectivity index (χ3n) is 2.19. The number of carbonyl (C=O) groups excluding carboxylic acids is 1. The number of carbonyl (C=O) groups is 1. The van der Waals surface area contributed by atoms with Crippen molar-refractivity contribution in [2.45, 2.75) is 6.92 Å². The van der Waals surface area contributed by atoms with E-state index in [0.29, 0.717) is 5.56 Å². The van der Waals surface area contributed by atoms with Crippen LogP contribution in [0.2, 0.25) is 0 Å². The lowest BCUT2D eigenvalue weighted by Crippen LogP contribution is -1.99. The zero-order valence-corrected chi connectivity index (χ0v) is 8.71. The van der Waals surface area contributed by atoms with Gasteiger partial charge in [0.25, 0.3) is 0 Å². The minimum absolute atomic E-state index is 0.203. The number of aromatic nitrogens is 2. The number of nitrogens with zero attached hydrogens (tertiary/aromatic N) is 3. The molecule has 0 unspecified atom stereocenters. The van der Waals surface area contributed by atoms with Crippen LogP contribution < -0.4 is 0 Å². The van der Waals surface area contributed by atoms with E-state index in [-0.39, 0.29) is 11.5 Å². The summed E-state index contributed by atoms with van der Waals surface area (Å²) in [6, 6.07) is 11.3. The summed E-state index contributed by atoms with van der Waals surface area (Å²) >= 11 is 0. The van der Waals surface area contributed by atoms with Crippen LogP contribution in [0.25, 0.3) is 5.69 Å². The molecule has 2 rings (SSSR count). The molecular weight excluding hydrogens is 202 g/mol. The van der Waals surface area contributed by atoms with Crippen molar-refractivity contribution in [3.05, 3.63) is 47.8 Å². The van der Waals surface area contributed by atoms with Gasteiger partial charge in [-0.2, -0.15) is 10.4 Å². The van der Waals surface area contributed by atoms with Crippen molar-refractivity contribution in [3.63, 3.8) is 0 Å². The Labute approximate surface area is 92.7 Å². The van der Waals surface area contributed by atoms with Crippen LogP contribution in [-0.4, -0.2) is 15.6 Å². The Morgan fingerprint density at radius 1 is 1.38 bits per heavy atom. The number of nitriles is 1. The van der Waals surface area contributed by atoms with Crippen LogP contribution in [0.15, 0.2) is 36.5 Å². The molecular formula is C12H9N3O. The van der Waals surface area contributed by atoms with Crippen molar-refractivity contribution in [2.75, 3.05) is 0 Å². The van der Waals surface area contributed by atoms with Gasteiger partial charge in [0.05, 0.1) is 5.69 Å². The van der Waals surface area contributed by atoms with Gasteiger partial charge in [0.1, 0.15) is 17.3 Å². The number of para-hydroxylation sites is 1. The summed E-state index contributed by atoms with van der Waals surface area (Å²) in [6.45, 7) is 1.40. The van der Waals surface area contributed by atoms with Gasteiger partial charge >= 0.3 is 0 Å². The number of benzene rings is 1. The zero-order valence-electron chi connectivity index (χ0n) is 8.71. The minimum atomic E-state index is -0.203. The first kappa shape index (κ1) is 10.1. The molecule has 0 amide bonds. The number of rotatable bonds is 2. The van der Waals surface area contributed by atoms with E-state index in [9.17, 15) is 4.79 Å². The van der Waals surface area contributed by atoms with Crippen molar-refractivity contribution >= 4 is 5.78 Å². The van der Waals surface area contributed by atoms with Crippen LogP contribution in [0.4, 0.5) is 0 Å². The molecule has 0 saturated carbocycles. The molecule has 0 aliphatic carbocycles. The molecule has 78 valence electrons. The third kappa shape index (κ3) is 1.71. The summed E-state index contributed by atoms with van der Waals surface area (Å²) in [5.74, 6) is -0.203. The summed E-state index contributed by atoms with van der Waals surface area (Å²) < 4.78 is 1.54. The molecule has 4 nitrogen and oxygen atoms in total. The van der Waals surface area contributed by atoms with Crippen LogP contribution in [0.3, 0.4) is 0 Å². The summed E-state index contributed by atoms with van der Waals surface area (Å²) in [6.07, 6.45) is 1.56. The molecule has 0 fully saturated rings. The van der Waals surface area contributed by atoms with E-state index in [1.165, 1.54) is 11.6 Å². The number of ketones is 1. The summed E-state index contributed by atoms with van der Waals surface area (Å²) in [5.41, 5.74) is 1.34. The highest BCUT2D eigenvalue weighted by molar-refractivity contribution is 5.94. The number of hydrogen-bond donors (Lipinski definition) is 0. The Morgan fingerprint density at radius 2 is 2.06 bits per heavy atom. The maximum absolute atomic E-state index is 11.2. The van der Waals surface area contributed by atoms with Gasteiger partial charge in [-0.1, -0.05) is 18.2 Å². The van der Waals surface area contributed by atoms with Gasteiger partial charge in [-0.05, 0) is 12.1 Å². The fraction of sp³-hybridized carbons (Fsp3) is 0.0833. The summed E-state index contributed by atoms with van der Waals surface area (Å²) in [4.78, 5) is 11.2. The van der Waals surface area contributed by atoms with Crippen molar-refractivity contribution in [3.8, 4) is 11.8 Å². The van der Waals surface area contributed by atoms with Crippen LogP contribution in [-0.2, 0) is 0 Å². The Balaban J connectivity index is 2.54. The van der Waals surface area contributed by atoms with Gasteiger partial charge in [0.2, 0.25) is 0 Å². The van der Waals surface area contributed by atoms with E-state index in [0.717, 1.165) is 5.69 Å². The van der Waals surface area contributed by atoms with Gasteiger partial charge in [-0.25, -0.2) is 4.68 Å². The number of hydrogen-bond acceptors (Lipinski definition) is 3. The van der Waals surface area contributed by atoms with Gasteiger partial charge < -0.3 is 0 Å². The monoisotopic (exact) mass is 211 g/mol. The molecule has 0 aliphatic heterocycles. The SMILES string of the molecule is CC(=O)c1nn(-c2ccccc2)cc1C#N. The molecule has 0 aliphatic rings. The van der Waals surface area contributed by atoms with E-state index in [1.807, 2.05) is 36.4 Å². The highest BCUT2D eigenvalue weighted by Crippen LogP contribution is 2.11. The van der Waals surface area contributed by atoms with Gasteiger partial charge in [-0.15, -0.1) is 0 Å². The van der Waals surface area contributed by atoms with Crippen LogP contribution in [0.1, 0.15) is 23.0 Å². The summed E-state index contributed by atoms with van der Waals surface area (Å²) in [5, 5.41) is 13.0. The summed E-state index contributed by atoms with van der Waals surface area (Å²) in [7, 11) is 0. The van der Waals surface area contributed by atoms with Crippen LogP contribution >= 0.6 is 0 Å². The average Bonchev–Trinajstić information content (AvgIpc) is 2.74. The van der Waals surface area contributed by atoms with Gasteiger partial charge in [0, 0.05) is 13.1 Å². The minimum Gasteiger partial charge on any atom is -0.293 e. The molecule has 0 atom stereocenters. The lowest BCUT2D eigenvalue weighted by atomic mass is 10.2. The van der Waals surface area contributed by atoms with Gasteiger partial charge in [-0.3, -0.25) is 4.79 Å². The Bertz CT molecular complexity index is 564. The fourth-order valence-electron chi connectivity index (χ4n) is 1.43. The predicted octanol–water partition coefficient (Wildman–Crippen LogP) is 1.95. The Hall–Kier alpha value is -2.41. The van der Waals surface area contributed by atoms with Gasteiger partial charge in [0.15, 0.2) is 5.78 Å². The molecule has 0 spiro atoms. The van der Waals surface area contributed by atoms with Crippen LogP contribution in [0, 0.1) is 11.3 Å². The van der Waals surface area contributed by atoms with Crippen molar-refractivity contribution in [1.82, 2.24) is 9.78 Å². The van der Waals surface area contributed by atoms with Crippen molar-refractivity contribution in [1.29, 1.82) is 5.26 Å². The lowest BCUT2D eigenvalue weighted by molar-refractivity contribution is 0.101. The molecule has 16 heavy (non-hydrogen) atoms. The first-order valence-corrected chi connectivity index (χ1v) is 4.78. The molecule has 2 aromatic rings. The van der Waals surface area contributed by atoms with E-state index in [2.05, 4.69) is 5.10 Å². The Kier molecular flexibility index (Phi) is 2.52. The van der Waals surface area contributed by atoms with E-state index in [4.69, 9.17) is 5.26 Å². The smallest absolute Gasteiger partial charge is 0.181 e. The fourth-order valence-corrected chi connectivity index (χ4v) is 1.43. The highest BCUT2D eigenvalue weighted by Gasteiger charge is 2.13. The van der Waals surface area contributed by atoms with Crippen molar-refractivity contribution in [2.24, 2.45) is 0 Å². The number of Topliss-reactive ketones (excluding diaryl/α,β-unsaturated/α-hetero) is 1. The second kappa shape index (κ2) is 3.99. The zero-order chi connectivity index (χ0) is 11.5. The van der Waals surface area contributed by atoms with E-state index in [1.54, 1.807) is 6.20 Å². The molecule has 0 bridgehead atoms. The average molecular weight is 211 g/mol. The topological polar surface area (TPSA) is 58.7 Å². The molecule has 0 N–H and O–H groups in total. The van der Waals surface area contributed by atoms with E-state index >= 15 is 0 Å². The molecule has 1 aromatic heterocycles. The molecule has 1 aromatic carbocycles. The normalized spacial score (nSPS) is 9.75. The molecule has 0 radical (unpaired) electrons. The van der Waals surface area contributed by atoms with Crippen molar-refractivity contribution < 1.29 is 4.79 Å². The Morgan fingerprint density at radius 3 is 2.56 bits per heavy atom. The third-order valence-corrected chi connectivity index (χ3v) is 2.19. The lowest BCUT2D eigenvalue weighted by Gasteiger charge is -1.98. The predicted molar refractivity (Wildman–Crippen MR) is 58.3 cm³/mol. The first-order chi connectivity index (χ1) is 7.72. The highest BCUT2D eigenvalue weighted by atomic mass is 16.1. The van der Waals surface area contributed by atoms with E-state index < -0.39 is 0 Å². The van der Waals surface area contributed by atoms with Crippen LogP contribution in [0.5, 0.6) is 0 Å². The maximum Gasteiger partial charge on any atom is 0.181 e. The largest absolute Gasteiger partial charge is 0.293 e. The maximum atomic E-state index is 11.2. The molecule has 1 heterocycles. The molecule has 4 heteroatoms.